The van der Waals surface area contributed by atoms with Crippen molar-refractivity contribution in [2.75, 3.05) is 31.6 Å². The zero-order valence-corrected chi connectivity index (χ0v) is 16.1. The highest BCUT2D eigenvalue weighted by atomic mass is 16.5. The number of carbonyl (C=O) groups is 1. The molecule has 0 bridgehead atoms. The Hall–Kier alpha value is -3.28. The van der Waals surface area contributed by atoms with Crippen LogP contribution in [0.5, 0.6) is 5.75 Å². The quantitative estimate of drug-likeness (QED) is 0.758. The Labute approximate surface area is 164 Å². The van der Waals surface area contributed by atoms with E-state index in [1.54, 1.807) is 13.3 Å². The molecule has 144 valence electrons. The second-order valence-corrected chi connectivity index (χ2v) is 6.99. The van der Waals surface area contributed by atoms with Gasteiger partial charge in [0, 0.05) is 31.2 Å². The maximum absolute atomic E-state index is 13.3. The van der Waals surface area contributed by atoms with Crippen LogP contribution in [0.2, 0.25) is 0 Å². The van der Waals surface area contributed by atoms with Crippen molar-refractivity contribution in [3.05, 3.63) is 66.4 Å². The SMILES string of the molecule is COc1ccccc1N1CCN(C(=O)c2cn[nH]c2-c2ccccc2)[C@@H](C)C1. The number of anilines is 1. The summed E-state index contributed by atoms with van der Waals surface area (Å²) in [6, 6.07) is 17.9. The van der Waals surface area contributed by atoms with Gasteiger partial charge in [0.1, 0.15) is 5.75 Å². The monoisotopic (exact) mass is 376 g/mol. The highest BCUT2D eigenvalue weighted by molar-refractivity contribution is 6.00. The molecule has 1 amide bonds. The van der Waals surface area contributed by atoms with Crippen molar-refractivity contribution < 1.29 is 9.53 Å². The Morgan fingerprint density at radius 2 is 1.86 bits per heavy atom. The second-order valence-electron chi connectivity index (χ2n) is 6.99. The molecule has 1 N–H and O–H groups in total. The normalized spacial score (nSPS) is 16.9. The van der Waals surface area contributed by atoms with E-state index in [2.05, 4.69) is 28.1 Å². The molecule has 6 nitrogen and oxygen atoms in total. The molecular weight excluding hydrogens is 352 g/mol. The number of hydrogen-bond acceptors (Lipinski definition) is 4. The number of aromatic amines is 1. The molecule has 28 heavy (non-hydrogen) atoms. The van der Waals surface area contributed by atoms with Crippen LogP contribution < -0.4 is 9.64 Å². The Morgan fingerprint density at radius 1 is 1.11 bits per heavy atom. The van der Waals surface area contributed by atoms with Gasteiger partial charge in [0.05, 0.1) is 30.3 Å². The lowest BCUT2D eigenvalue weighted by Gasteiger charge is -2.41. The van der Waals surface area contributed by atoms with E-state index in [4.69, 9.17) is 4.74 Å². The minimum Gasteiger partial charge on any atom is -0.495 e. The molecule has 1 saturated heterocycles. The smallest absolute Gasteiger partial charge is 0.258 e. The number of hydrogen-bond donors (Lipinski definition) is 1. The number of benzene rings is 2. The summed E-state index contributed by atoms with van der Waals surface area (Å²) < 4.78 is 5.50. The standard InChI is InChI=1S/C22H24N4O2/c1-16-15-25(19-10-6-7-11-20(19)28-2)12-13-26(16)22(27)18-14-23-24-21(18)17-8-4-3-5-9-17/h3-11,14,16H,12-13,15H2,1-2H3,(H,23,24)/t16-/m0/s1. The third kappa shape index (κ3) is 3.33. The summed E-state index contributed by atoms with van der Waals surface area (Å²) >= 11 is 0. The predicted octanol–water partition coefficient (Wildman–Crippen LogP) is 3.44. The van der Waals surface area contributed by atoms with Gasteiger partial charge in [-0.3, -0.25) is 9.89 Å². The second kappa shape index (κ2) is 7.76. The van der Waals surface area contributed by atoms with Gasteiger partial charge in [-0.25, -0.2) is 0 Å². The molecule has 0 unspecified atom stereocenters. The van der Waals surface area contributed by atoms with Crippen molar-refractivity contribution in [2.24, 2.45) is 0 Å². The third-order valence-corrected chi connectivity index (χ3v) is 5.25. The van der Waals surface area contributed by atoms with Crippen LogP contribution in [0, 0.1) is 0 Å². The van der Waals surface area contributed by atoms with E-state index in [1.165, 1.54) is 0 Å². The Kier molecular flexibility index (Phi) is 5.02. The molecule has 1 atom stereocenters. The van der Waals surface area contributed by atoms with Crippen LogP contribution in [0.4, 0.5) is 5.69 Å². The van der Waals surface area contributed by atoms with Crippen molar-refractivity contribution in [1.82, 2.24) is 15.1 Å². The minimum atomic E-state index is 0.0137. The van der Waals surface area contributed by atoms with Gasteiger partial charge in [-0.1, -0.05) is 42.5 Å². The minimum absolute atomic E-state index is 0.0137. The molecule has 1 aliphatic rings. The van der Waals surface area contributed by atoms with E-state index < -0.39 is 0 Å². The van der Waals surface area contributed by atoms with E-state index in [-0.39, 0.29) is 11.9 Å². The molecule has 0 radical (unpaired) electrons. The van der Waals surface area contributed by atoms with Gasteiger partial charge in [-0.05, 0) is 19.1 Å². The molecule has 2 heterocycles. The number of amides is 1. The molecule has 1 aliphatic heterocycles. The van der Waals surface area contributed by atoms with Gasteiger partial charge in [0.25, 0.3) is 5.91 Å². The van der Waals surface area contributed by atoms with E-state index in [0.29, 0.717) is 12.1 Å². The fraction of sp³-hybridized carbons (Fsp3) is 0.273. The molecule has 0 saturated carbocycles. The average Bonchev–Trinajstić information content (AvgIpc) is 3.24. The van der Waals surface area contributed by atoms with E-state index >= 15 is 0 Å². The number of ether oxygens (including phenoxy) is 1. The highest BCUT2D eigenvalue weighted by Gasteiger charge is 2.31. The zero-order valence-electron chi connectivity index (χ0n) is 16.1. The van der Waals surface area contributed by atoms with Crippen molar-refractivity contribution in [2.45, 2.75) is 13.0 Å². The number of nitrogens with one attached hydrogen (secondary N) is 1. The largest absolute Gasteiger partial charge is 0.495 e. The highest BCUT2D eigenvalue weighted by Crippen LogP contribution is 2.30. The van der Waals surface area contributed by atoms with Gasteiger partial charge in [0.2, 0.25) is 0 Å². The number of aromatic nitrogens is 2. The Morgan fingerprint density at radius 3 is 2.61 bits per heavy atom. The topological polar surface area (TPSA) is 61.5 Å². The van der Waals surface area contributed by atoms with Crippen LogP contribution >= 0.6 is 0 Å². The predicted molar refractivity (Wildman–Crippen MR) is 110 cm³/mol. The summed E-state index contributed by atoms with van der Waals surface area (Å²) in [5.74, 6) is 0.871. The van der Waals surface area contributed by atoms with Crippen molar-refractivity contribution in [3.63, 3.8) is 0 Å². The lowest BCUT2D eigenvalue weighted by molar-refractivity contribution is 0.0675. The van der Waals surface area contributed by atoms with Gasteiger partial charge in [0.15, 0.2) is 0 Å². The van der Waals surface area contributed by atoms with Crippen molar-refractivity contribution in [3.8, 4) is 17.0 Å². The summed E-state index contributed by atoms with van der Waals surface area (Å²) in [7, 11) is 1.69. The van der Waals surface area contributed by atoms with Crippen LogP contribution in [0.25, 0.3) is 11.3 Å². The van der Waals surface area contributed by atoms with E-state index in [9.17, 15) is 4.79 Å². The van der Waals surface area contributed by atoms with Crippen LogP contribution in [0.3, 0.4) is 0 Å². The molecule has 4 rings (SSSR count). The van der Waals surface area contributed by atoms with Crippen LogP contribution in [-0.2, 0) is 0 Å². The molecule has 3 aromatic rings. The Bertz CT molecular complexity index is 954. The van der Waals surface area contributed by atoms with Crippen LogP contribution in [0.15, 0.2) is 60.8 Å². The molecule has 0 spiro atoms. The zero-order chi connectivity index (χ0) is 19.5. The van der Waals surface area contributed by atoms with Crippen LogP contribution in [0.1, 0.15) is 17.3 Å². The summed E-state index contributed by atoms with van der Waals surface area (Å²) in [4.78, 5) is 17.5. The first kappa shape index (κ1) is 18.1. The molecule has 1 aromatic heterocycles. The lowest BCUT2D eigenvalue weighted by atomic mass is 10.1. The first-order chi connectivity index (χ1) is 13.7. The number of methoxy groups -OCH3 is 1. The first-order valence-electron chi connectivity index (χ1n) is 9.46. The summed E-state index contributed by atoms with van der Waals surface area (Å²) in [6.45, 7) is 4.25. The fourth-order valence-electron chi connectivity index (χ4n) is 3.80. The number of H-pyrrole nitrogens is 1. The summed E-state index contributed by atoms with van der Waals surface area (Å²) in [6.07, 6.45) is 1.63. The van der Waals surface area contributed by atoms with Gasteiger partial charge < -0.3 is 14.5 Å². The average molecular weight is 376 g/mol. The molecule has 2 aromatic carbocycles. The fourth-order valence-corrected chi connectivity index (χ4v) is 3.80. The number of rotatable bonds is 4. The van der Waals surface area contributed by atoms with Crippen molar-refractivity contribution >= 4 is 11.6 Å². The molecule has 0 aliphatic carbocycles. The number of para-hydroxylation sites is 2. The summed E-state index contributed by atoms with van der Waals surface area (Å²) in [5, 5.41) is 7.11. The van der Waals surface area contributed by atoms with Gasteiger partial charge in [-0.15, -0.1) is 0 Å². The van der Waals surface area contributed by atoms with E-state index in [1.807, 2.05) is 53.4 Å². The Balaban J connectivity index is 1.53. The molecular formula is C22H24N4O2. The van der Waals surface area contributed by atoms with Gasteiger partial charge in [-0.2, -0.15) is 5.10 Å². The number of nitrogens with zero attached hydrogens (tertiary/aromatic N) is 3. The maximum Gasteiger partial charge on any atom is 0.258 e. The summed E-state index contributed by atoms with van der Waals surface area (Å²) in [5.41, 5.74) is 3.41. The third-order valence-electron chi connectivity index (χ3n) is 5.25. The van der Waals surface area contributed by atoms with Crippen LogP contribution in [-0.4, -0.2) is 53.8 Å². The van der Waals surface area contributed by atoms with Crippen molar-refractivity contribution in [1.29, 1.82) is 0 Å². The molecule has 6 heteroatoms. The lowest BCUT2D eigenvalue weighted by Crippen LogP contribution is -2.54. The maximum atomic E-state index is 13.3. The van der Waals surface area contributed by atoms with Gasteiger partial charge >= 0.3 is 0 Å². The number of piperazine rings is 1. The van der Waals surface area contributed by atoms with E-state index in [0.717, 1.165) is 35.8 Å². The number of carbonyl (C=O) groups excluding carboxylic acids is 1. The molecule has 1 fully saturated rings. The first-order valence-corrected chi connectivity index (χ1v) is 9.46.